The number of ether oxygens (including phenoxy) is 2. The Morgan fingerprint density at radius 2 is 2.09 bits per heavy atom. The number of aliphatic hydroxyl groups excluding tert-OH is 2. The van der Waals surface area contributed by atoms with Gasteiger partial charge in [-0.2, -0.15) is 0 Å². The maximum atomic E-state index is 9.35. The molecule has 0 aliphatic carbocycles. The topological polar surface area (TPSA) is 58.9 Å². The van der Waals surface area contributed by atoms with E-state index in [-0.39, 0.29) is 18.6 Å². The number of hydrogen-bond donors (Lipinski definition) is 2. The maximum Gasteiger partial charge on any atom is 0.166 e. The Bertz CT molecular complexity index is 157. The minimum absolute atomic E-state index is 0.0890. The molecule has 11 heavy (non-hydrogen) atoms. The van der Waals surface area contributed by atoms with Crippen LogP contribution in [-0.2, 0) is 9.47 Å². The second-order valence-corrected chi connectivity index (χ2v) is 2.89. The van der Waals surface area contributed by atoms with Gasteiger partial charge in [0.15, 0.2) is 6.29 Å². The summed E-state index contributed by atoms with van der Waals surface area (Å²) in [4.78, 5) is 0. The molecule has 2 radical (unpaired) electrons. The van der Waals surface area contributed by atoms with Gasteiger partial charge < -0.3 is 19.7 Å². The molecule has 2 saturated heterocycles. The van der Waals surface area contributed by atoms with Gasteiger partial charge in [-0.15, -0.1) is 0 Å². The van der Waals surface area contributed by atoms with Gasteiger partial charge >= 0.3 is 0 Å². The van der Waals surface area contributed by atoms with Crippen LogP contribution in [0, 0.1) is 12.8 Å². The summed E-state index contributed by atoms with van der Waals surface area (Å²) >= 11 is 0. The Hall–Kier alpha value is -0.160. The highest BCUT2D eigenvalue weighted by atomic mass is 16.7. The summed E-state index contributed by atoms with van der Waals surface area (Å²) in [5.41, 5.74) is 0. The Labute approximate surface area is 64.7 Å². The zero-order chi connectivity index (χ0) is 8.01. The highest BCUT2D eigenvalue weighted by Crippen LogP contribution is 2.40. The van der Waals surface area contributed by atoms with E-state index in [4.69, 9.17) is 21.5 Å². The number of hydrogen-bond acceptors (Lipinski definition) is 4. The predicted molar refractivity (Wildman–Crippen MR) is 34.4 cm³/mol. The summed E-state index contributed by atoms with van der Waals surface area (Å²) in [6.07, 6.45) is -2.08. The van der Waals surface area contributed by atoms with Crippen molar-refractivity contribution >= 4 is 0 Å². The first-order chi connectivity index (χ1) is 5.24. The minimum atomic E-state index is -0.703. The van der Waals surface area contributed by atoms with Crippen molar-refractivity contribution in [2.75, 3.05) is 6.61 Å². The van der Waals surface area contributed by atoms with Gasteiger partial charge in [0.2, 0.25) is 0 Å². The first-order valence-electron chi connectivity index (χ1n) is 3.59. The second kappa shape index (κ2) is 2.42. The average Bonchev–Trinajstić information content (AvgIpc) is 2.13. The molecule has 62 valence electrons. The zero-order valence-corrected chi connectivity index (χ0v) is 5.88. The van der Waals surface area contributed by atoms with E-state index in [0.717, 1.165) is 0 Å². The molecule has 0 aromatic carbocycles. The minimum Gasteiger partial charge on any atom is -0.394 e. The molecule has 2 aliphatic heterocycles. The van der Waals surface area contributed by atoms with Crippen molar-refractivity contribution in [2.45, 2.75) is 24.6 Å². The second-order valence-electron chi connectivity index (χ2n) is 2.89. The number of rotatable bonds is 1. The average molecular weight is 158 g/mol. The summed E-state index contributed by atoms with van der Waals surface area (Å²) < 4.78 is 10.0. The van der Waals surface area contributed by atoms with Gasteiger partial charge in [0.05, 0.1) is 30.8 Å². The molecule has 2 unspecified atom stereocenters. The van der Waals surface area contributed by atoms with Crippen LogP contribution in [0.4, 0.5) is 0 Å². The Morgan fingerprint density at radius 1 is 1.36 bits per heavy atom. The fourth-order valence-electron chi connectivity index (χ4n) is 1.56. The molecule has 4 nitrogen and oxygen atoms in total. The summed E-state index contributed by atoms with van der Waals surface area (Å²) in [5.74, 6) is -0.144. The zero-order valence-electron chi connectivity index (χ0n) is 5.88. The maximum absolute atomic E-state index is 9.35. The van der Waals surface area contributed by atoms with E-state index >= 15 is 0 Å². The van der Waals surface area contributed by atoms with Crippen LogP contribution in [0.1, 0.15) is 0 Å². The van der Waals surface area contributed by atoms with E-state index in [9.17, 15) is 5.11 Å². The van der Waals surface area contributed by atoms with Crippen molar-refractivity contribution in [1.82, 2.24) is 0 Å². The van der Waals surface area contributed by atoms with Crippen LogP contribution in [0.5, 0.6) is 0 Å². The molecule has 4 heteroatoms. The SMILES string of the molecule is [CH][C@@H]1O[C@@H]2OC(CO)[C@@H]2C1O. The third-order valence-corrected chi connectivity index (χ3v) is 2.25. The Balaban J connectivity index is 2.03. The van der Waals surface area contributed by atoms with Gasteiger partial charge in [-0.1, -0.05) is 0 Å². The smallest absolute Gasteiger partial charge is 0.166 e. The lowest BCUT2D eigenvalue weighted by molar-refractivity contribution is -0.280. The van der Waals surface area contributed by atoms with Crippen molar-refractivity contribution in [1.29, 1.82) is 0 Å². The van der Waals surface area contributed by atoms with Crippen LogP contribution in [0.15, 0.2) is 0 Å². The van der Waals surface area contributed by atoms with E-state index in [1.165, 1.54) is 0 Å². The van der Waals surface area contributed by atoms with Crippen molar-refractivity contribution in [3.63, 3.8) is 0 Å². The molecule has 0 spiro atoms. The highest BCUT2D eigenvalue weighted by Gasteiger charge is 2.54. The van der Waals surface area contributed by atoms with Gasteiger partial charge in [0, 0.05) is 0 Å². The highest BCUT2D eigenvalue weighted by molar-refractivity contribution is 4.98. The lowest BCUT2D eigenvalue weighted by Gasteiger charge is -2.38. The summed E-state index contributed by atoms with van der Waals surface area (Å²) in [6.45, 7) is 5.29. The molecule has 2 fully saturated rings. The lowest BCUT2D eigenvalue weighted by Crippen LogP contribution is -2.52. The van der Waals surface area contributed by atoms with Crippen LogP contribution in [0.3, 0.4) is 0 Å². The van der Waals surface area contributed by atoms with E-state index < -0.39 is 18.5 Å². The molecule has 0 bridgehead atoms. The molecule has 2 aliphatic rings. The van der Waals surface area contributed by atoms with Crippen LogP contribution in [0.2, 0.25) is 0 Å². The third-order valence-electron chi connectivity index (χ3n) is 2.25. The van der Waals surface area contributed by atoms with Gasteiger partial charge in [-0.3, -0.25) is 0 Å². The monoisotopic (exact) mass is 158 g/mol. The summed E-state index contributed by atoms with van der Waals surface area (Å²) in [6, 6.07) is 0. The molecule has 0 saturated carbocycles. The van der Waals surface area contributed by atoms with Gasteiger partial charge in [-0.25, -0.2) is 0 Å². The molecule has 5 atom stereocenters. The van der Waals surface area contributed by atoms with Crippen molar-refractivity contribution in [3.05, 3.63) is 6.92 Å². The van der Waals surface area contributed by atoms with Crippen LogP contribution >= 0.6 is 0 Å². The van der Waals surface area contributed by atoms with Crippen molar-refractivity contribution in [2.24, 2.45) is 5.92 Å². The van der Waals surface area contributed by atoms with Crippen molar-refractivity contribution in [3.8, 4) is 0 Å². The van der Waals surface area contributed by atoms with E-state index in [2.05, 4.69) is 0 Å². The van der Waals surface area contributed by atoms with Crippen LogP contribution < -0.4 is 0 Å². The quantitative estimate of drug-likeness (QED) is 0.502. The molecule has 2 N–H and O–H groups in total. The number of fused-ring (bicyclic) bond motifs is 1. The molecular weight excluding hydrogens is 148 g/mol. The van der Waals surface area contributed by atoms with Gasteiger partial charge in [0.25, 0.3) is 0 Å². The van der Waals surface area contributed by atoms with Crippen LogP contribution in [0.25, 0.3) is 0 Å². The Kier molecular flexibility index (Phi) is 1.64. The lowest BCUT2D eigenvalue weighted by atomic mass is 9.91. The largest absolute Gasteiger partial charge is 0.394 e. The summed E-state index contributed by atoms with van der Waals surface area (Å²) in [5, 5.41) is 18.1. The molecule has 0 aromatic rings. The fraction of sp³-hybridized carbons (Fsp3) is 0.857. The van der Waals surface area contributed by atoms with Gasteiger partial charge in [-0.05, 0) is 6.92 Å². The van der Waals surface area contributed by atoms with E-state index in [0.29, 0.717) is 0 Å². The first-order valence-corrected chi connectivity index (χ1v) is 3.59. The predicted octanol–water partition coefficient (Wildman–Crippen LogP) is -1.21. The normalized spacial score (nSPS) is 55.4. The third kappa shape index (κ3) is 0.906. The molecule has 2 heterocycles. The van der Waals surface area contributed by atoms with E-state index in [1.54, 1.807) is 0 Å². The molecule has 0 aromatic heterocycles. The van der Waals surface area contributed by atoms with E-state index in [1.807, 2.05) is 0 Å². The molecule has 2 rings (SSSR count). The fourth-order valence-corrected chi connectivity index (χ4v) is 1.56. The Morgan fingerprint density at radius 3 is 2.64 bits per heavy atom. The van der Waals surface area contributed by atoms with Gasteiger partial charge in [0.1, 0.15) is 0 Å². The van der Waals surface area contributed by atoms with Crippen LogP contribution in [-0.4, -0.2) is 41.4 Å². The standard InChI is InChI=1S/C7H10O4/c1-3-6(9)5-4(2-8)11-7(5)10-3/h1,3-9H,2H2/t3-,4?,5+,6?,7+/m0/s1. The number of aliphatic hydroxyl groups is 2. The molecule has 0 amide bonds. The summed E-state index contributed by atoms with van der Waals surface area (Å²) in [7, 11) is 0. The first kappa shape index (κ1) is 7.49. The van der Waals surface area contributed by atoms with Crippen molar-refractivity contribution < 1.29 is 19.7 Å². The molecular formula is C7H10O4.